The molecule has 2 aromatic rings. The second-order valence-electron chi connectivity index (χ2n) is 5.11. The number of benzene rings is 1. The summed E-state index contributed by atoms with van der Waals surface area (Å²) < 4.78 is 10.9. The highest BCUT2D eigenvalue weighted by atomic mass is 16.5. The smallest absolute Gasteiger partial charge is 0.198 e. The maximum absolute atomic E-state index is 12.6. The Morgan fingerprint density at radius 2 is 1.95 bits per heavy atom. The van der Waals surface area contributed by atoms with E-state index >= 15 is 0 Å². The normalized spacial score (nSPS) is 10.5. The molecule has 0 aliphatic carbocycles. The number of nitrogens with zero attached hydrogens (tertiary/aromatic N) is 1. The van der Waals surface area contributed by atoms with Gasteiger partial charge in [0, 0.05) is 11.8 Å². The van der Waals surface area contributed by atoms with E-state index in [1.54, 1.807) is 25.4 Å². The summed E-state index contributed by atoms with van der Waals surface area (Å²) in [7, 11) is 1.56. The monoisotopic (exact) mass is 285 g/mol. The number of methoxy groups -OCH3 is 1. The van der Waals surface area contributed by atoms with Crippen LogP contribution in [0.15, 0.2) is 36.7 Å². The molecule has 0 radical (unpaired) electrons. The molecule has 0 aliphatic rings. The fourth-order valence-electron chi connectivity index (χ4n) is 2.02. The van der Waals surface area contributed by atoms with Crippen LogP contribution < -0.4 is 9.47 Å². The van der Waals surface area contributed by atoms with E-state index in [4.69, 9.17) is 9.47 Å². The zero-order valence-electron chi connectivity index (χ0n) is 12.7. The first-order chi connectivity index (χ1) is 10.0. The Labute approximate surface area is 124 Å². The van der Waals surface area contributed by atoms with Crippen LogP contribution >= 0.6 is 0 Å². The molecule has 2 rings (SSSR count). The van der Waals surface area contributed by atoms with Gasteiger partial charge in [-0.15, -0.1) is 0 Å². The van der Waals surface area contributed by atoms with Crippen molar-refractivity contribution in [2.75, 3.05) is 7.11 Å². The predicted molar refractivity (Wildman–Crippen MR) is 81.2 cm³/mol. The van der Waals surface area contributed by atoms with Gasteiger partial charge in [-0.05, 0) is 44.5 Å². The number of carbonyl (C=O) groups is 1. The molecule has 0 saturated heterocycles. The lowest BCUT2D eigenvalue weighted by Crippen LogP contribution is -2.08. The summed E-state index contributed by atoms with van der Waals surface area (Å²) in [4.78, 5) is 16.7. The Bertz CT molecular complexity index is 650. The Morgan fingerprint density at radius 1 is 1.19 bits per heavy atom. The topological polar surface area (TPSA) is 48.4 Å². The second kappa shape index (κ2) is 6.39. The number of rotatable bonds is 5. The van der Waals surface area contributed by atoms with E-state index in [9.17, 15) is 4.79 Å². The molecule has 4 nitrogen and oxygen atoms in total. The maximum Gasteiger partial charge on any atom is 0.198 e. The van der Waals surface area contributed by atoms with Crippen LogP contribution in [0.5, 0.6) is 11.5 Å². The minimum atomic E-state index is -0.131. The lowest BCUT2D eigenvalue weighted by molar-refractivity contribution is 0.103. The fraction of sp³-hybridized carbons (Fsp3) is 0.294. The third-order valence-corrected chi connectivity index (χ3v) is 2.95. The standard InChI is InChI=1S/C17H19NO3/c1-11(2)21-14-8-13(9-18-10-14)17(19)15-6-5-12(3)7-16(15)20-4/h5-11H,1-4H3. The van der Waals surface area contributed by atoms with Gasteiger partial charge in [0.2, 0.25) is 0 Å². The van der Waals surface area contributed by atoms with Crippen LogP contribution in [0.4, 0.5) is 0 Å². The molecule has 0 spiro atoms. The first-order valence-electron chi connectivity index (χ1n) is 6.82. The predicted octanol–water partition coefficient (Wildman–Crippen LogP) is 3.42. The molecule has 0 N–H and O–H groups in total. The van der Waals surface area contributed by atoms with Crippen molar-refractivity contribution in [3.63, 3.8) is 0 Å². The molecule has 0 saturated carbocycles. The van der Waals surface area contributed by atoms with Crippen LogP contribution in [-0.2, 0) is 0 Å². The summed E-state index contributed by atoms with van der Waals surface area (Å²) in [6.45, 7) is 5.81. The van der Waals surface area contributed by atoms with Gasteiger partial charge in [0.15, 0.2) is 5.78 Å². The van der Waals surface area contributed by atoms with Gasteiger partial charge < -0.3 is 9.47 Å². The van der Waals surface area contributed by atoms with Crippen LogP contribution in [0.2, 0.25) is 0 Å². The first-order valence-corrected chi connectivity index (χ1v) is 6.82. The van der Waals surface area contributed by atoms with Crippen molar-refractivity contribution in [2.24, 2.45) is 0 Å². The Balaban J connectivity index is 2.36. The zero-order chi connectivity index (χ0) is 15.4. The maximum atomic E-state index is 12.6. The summed E-state index contributed by atoms with van der Waals surface area (Å²) in [5.41, 5.74) is 2.04. The third-order valence-electron chi connectivity index (χ3n) is 2.95. The van der Waals surface area contributed by atoms with Crippen LogP contribution in [0.1, 0.15) is 35.3 Å². The SMILES string of the molecule is COc1cc(C)ccc1C(=O)c1cncc(OC(C)C)c1. The average molecular weight is 285 g/mol. The van der Waals surface area contributed by atoms with Gasteiger partial charge in [0.25, 0.3) is 0 Å². The third kappa shape index (κ3) is 3.60. The van der Waals surface area contributed by atoms with Crippen LogP contribution in [0.3, 0.4) is 0 Å². The van der Waals surface area contributed by atoms with Gasteiger partial charge in [-0.3, -0.25) is 9.78 Å². The number of aromatic nitrogens is 1. The lowest BCUT2D eigenvalue weighted by atomic mass is 10.0. The highest BCUT2D eigenvalue weighted by Crippen LogP contribution is 2.24. The Morgan fingerprint density at radius 3 is 2.62 bits per heavy atom. The van der Waals surface area contributed by atoms with Crippen molar-refractivity contribution in [3.05, 3.63) is 53.3 Å². The number of pyridine rings is 1. The average Bonchev–Trinajstić information content (AvgIpc) is 2.46. The number of ketones is 1. The Hall–Kier alpha value is -2.36. The first kappa shape index (κ1) is 15.0. The van der Waals surface area contributed by atoms with Gasteiger partial charge >= 0.3 is 0 Å². The van der Waals surface area contributed by atoms with Gasteiger partial charge in [0.05, 0.1) is 25.0 Å². The lowest BCUT2D eigenvalue weighted by Gasteiger charge is -2.11. The molecule has 0 bridgehead atoms. The molecule has 0 amide bonds. The molecule has 4 heteroatoms. The molecule has 110 valence electrons. The highest BCUT2D eigenvalue weighted by Gasteiger charge is 2.15. The summed E-state index contributed by atoms with van der Waals surface area (Å²) in [5.74, 6) is 1.02. The summed E-state index contributed by atoms with van der Waals surface area (Å²) in [5, 5.41) is 0. The molecule has 0 atom stereocenters. The van der Waals surface area contributed by atoms with Crippen LogP contribution in [0.25, 0.3) is 0 Å². The van der Waals surface area contributed by atoms with Crippen molar-refractivity contribution in [3.8, 4) is 11.5 Å². The molecular formula is C17H19NO3. The zero-order valence-corrected chi connectivity index (χ0v) is 12.7. The van der Waals surface area contributed by atoms with E-state index < -0.39 is 0 Å². The largest absolute Gasteiger partial charge is 0.496 e. The molecule has 1 aromatic carbocycles. The molecule has 21 heavy (non-hydrogen) atoms. The van der Waals surface area contributed by atoms with Crippen molar-refractivity contribution in [1.82, 2.24) is 4.98 Å². The molecule has 1 aromatic heterocycles. The van der Waals surface area contributed by atoms with Crippen LogP contribution in [0, 0.1) is 6.92 Å². The number of aryl methyl sites for hydroxylation is 1. The minimum absolute atomic E-state index is 0.0334. The van der Waals surface area contributed by atoms with Crippen molar-refractivity contribution >= 4 is 5.78 Å². The minimum Gasteiger partial charge on any atom is -0.496 e. The van der Waals surface area contributed by atoms with Crippen molar-refractivity contribution in [2.45, 2.75) is 26.9 Å². The summed E-state index contributed by atoms with van der Waals surface area (Å²) in [6.07, 6.45) is 3.17. The van der Waals surface area contributed by atoms with Gasteiger partial charge in [-0.2, -0.15) is 0 Å². The molecule has 1 heterocycles. The number of hydrogen-bond acceptors (Lipinski definition) is 4. The van der Waals surface area contributed by atoms with E-state index in [2.05, 4.69) is 4.98 Å². The van der Waals surface area contributed by atoms with Gasteiger partial charge in [0.1, 0.15) is 11.5 Å². The second-order valence-corrected chi connectivity index (χ2v) is 5.11. The molecule has 0 unspecified atom stereocenters. The van der Waals surface area contributed by atoms with E-state index in [1.807, 2.05) is 32.9 Å². The van der Waals surface area contributed by atoms with Crippen LogP contribution in [-0.4, -0.2) is 24.0 Å². The molecular weight excluding hydrogens is 266 g/mol. The fourth-order valence-corrected chi connectivity index (χ4v) is 2.02. The van der Waals surface area contributed by atoms with Crippen molar-refractivity contribution < 1.29 is 14.3 Å². The van der Waals surface area contributed by atoms with E-state index in [1.165, 1.54) is 6.20 Å². The highest BCUT2D eigenvalue weighted by molar-refractivity contribution is 6.10. The summed E-state index contributed by atoms with van der Waals surface area (Å²) in [6, 6.07) is 7.20. The van der Waals surface area contributed by atoms with E-state index in [0.29, 0.717) is 22.6 Å². The van der Waals surface area contributed by atoms with Crippen molar-refractivity contribution in [1.29, 1.82) is 0 Å². The quantitative estimate of drug-likeness (QED) is 0.790. The van der Waals surface area contributed by atoms with Gasteiger partial charge in [-0.25, -0.2) is 0 Å². The molecule has 0 fully saturated rings. The number of hydrogen-bond donors (Lipinski definition) is 0. The Kier molecular flexibility index (Phi) is 4.58. The number of ether oxygens (including phenoxy) is 2. The van der Waals surface area contributed by atoms with E-state index in [-0.39, 0.29) is 11.9 Å². The van der Waals surface area contributed by atoms with Gasteiger partial charge in [-0.1, -0.05) is 6.07 Å². The van der Waals surface area contributed by atoms with E-state index in [0.717, 1.165) is 5.56 Å². The number of carbonyl (C=O) groups excluding carboxylic acids is 1. The summed E-state index contributed by atoms with van der Waals surface area (Å²) >= 11 is 0. The molecule has 0 aliphatic heterocycles.